The van der Waals surface area contributed by atoms with Crippen molar-refractivity contribution in [3.8, 4) is 11.4 Å². The van der Waals surface area contributed by atoms with E-state index in [1.165, 1.54) is 6.20 Å². The summed E-state index contributed by atoms with van der Waals surface area (Å²) in [6.45, 7) is 13.0. The minimum atomic E-state index is -0.488. The predicted molar refractivity (Wildman–Crippen MR) is 133 cm³/mol. The first-order valence-electron chi connectivity index (χ1n) is 12.0. The number of nitrogens with zero attached hydrogens (tertiary/aromatic N) is 6. The lowest BCUT2D eigenvalue weighted by molar-refractivity contribution is 0.170. The molecule has 0 radical (unpaired) electrons. The van der Waals surface area contributed by atoms with Crippen LogP contribution in [0.5, 0.6) is 5.75 Å². The van der Waals surface area contributed by atoms with Crippen LogP contribution in [0.1, 0.15) is 60.2 Å². The van der Waals surface area contributed by atoms with Gasteiger partial charge in [-0.2, -0.15) is 9.67 Å². The largest absolute Gasteiger partial charge is 0.492 e. The van der Waals surface area contributed by atoms with Gasteiger partial charge in [0.25, 0.3) is 0 Å². The molecule has 3 N–H and O–H groups in total. The fraction of sp³-hybridized carbons (Fsp3) is 0.542. The predicted octanol–water partition coefficient (Wildman–Crippen LogP) is 4.02. The first kappa shape index (κ1) is 24.8. The van der Waals surface area contributed by atoms with Gasteiger partial charge in [-0.3, -0.25) is 0 Å². The van der Waals surface area contributed by atoms with Crippen LogP contribution in [0.2, 0.25) is 0 Å². The lowest BCUT2D eigenvalue weighted by atomic mass is 9.79. The third kappa shape index (κ3) is 5.84. The van der Waals surface area contributed by atoms with Gasteiger partial charge in [-0.25, -0.2) is 9.37 Å². The number of nitrogens with one attached hydrogen (secondary N) is 3. The summed E-state index contributed by atoms with van der Waals surface area (Å²) in [5, 5.41) is 22.1. The van der Waals surface area contributed by atoms with E-state index in [9.17, 15) is 4.39 Å². The molecule has 1 saturated heterocycles. The lowest BCUT2D eigenvalue weighted by Crippen LogP contribution is -2.60. The fourth-order valence-electron chi connectivity index (χ4n) is 4.93. The van der Waals surface area contributed by atoms with Crippen LogP contribution in [0.15, 0.2) is 24.4 Å². The maximum Gasteiger partial charge on any atom is 0.229 e. The van der Waals surface area contributed by atoms with Crippen LogP contribution in [-0.2, 0) is 6.42 Å². The molecule has 0 aliphatic carbocycles. The highest BCUT2D eigenvalue weighted by Gasteiger charge is 2.38. The molecule has 35 heavy (non-hydrogen) atoms. The zero-order valence-electron chi connectivity index (χ0n) is 21.2. The van der Waals surface area contributed by atoms with Gasteiger partial charge in [-0.1, -0.05) is 6.92 Å². The third-order valence-electron chi connectivity index (χ3n) is 5.87. The molecule has 0 spiro atoms. The minimum absolute atomic E-state index is 0.0721. The Hall–Kier alpha value is -3.34. The Balaban J connectivity index is 1.58. The van der Waals surface area contributed by atoms with Gasteiger partial charge in [0.05, 0.1) is 12.8 Å². The van der Waals surface area contributed by atoms with E-state index in [2.05, 4.69) is 69.1 Å². The minimum Gasteiger partial charge on any atom is -0.492 e. The highest BCUT2D eigenvalue weighted by atomic mass is 19.1. The highest BCUT2D eigenvalue weighted by Crippen LogP contribution is 2.31. The number of ether oxygens (including phenoxy) is 1. The highest BCUT2D eigenvalue weighted by molar-refractivity contribution is 5.63. The Kier molecular flexibility index (Phi) is 6.88. The lowest BCUT2D eigenvalue weighted by Gasteiger charge is -2.46. The molecule has 1 fully saturated rings. The number of hydrogen-bond donors (Lipinski definition) is 3. The Labute approximate surface area is 205 Å². The average molecular weight is 484 g/mol. The topological polar surface area (TPSA) is 115 Å². The van der Waals surface area contributed by atoms with Crippen molar-refractivity contribution in [2.24, 2.45) is 0 Å². The second-order valence-electron chi connectivity index (χ2n) is 10.1. The molecule has 0 unspecified atom stereocenters. The number of aromatic nitrogens is 6. The average Bonchev–Trinajstić information content (AvgIpc) is 3.24. The van der Waals surface area contributed by atoms with Crippen molar-refractivity contribution in [3.63, 3.8) is 0 Å². The Morgan fingerprint density at radius 1 is 1.17 bits per heavy atom. The molecule has 188 valence electrons. The summed E-state index contributed by atoms with van der Waals surface area (Å²) in [6, 6.07) is 5.62. The van der Waals surface area contributed by atoms with E-state index in [0.717, 1.165) is 12.8 Å². The summed E-state index contributed by atoms with van der Waals surface area (Å²) in [4.78, 5) is 8.58. The Morgan fingerprint density at radius 2 is 1.91 bits per heavy atom. The van der Waals surface area contributed by atoms with Gasteiger partial charge in [-0.15, -0.1) is 5.10 Å². The van der Waals surface area contributed by atoms with Gasteiger partial charge >= 0.3 is 0 Å². The van der Waals surface area contributed by atoms with Gasteiger partial charge in [-0.05, 0) is 76.1 Å². The smallest absolute Gasteiger partial charge is 0.229 e. The summed E-state index contributed by atoms with van der Waals surface area (Å²) in [7, 11) is 0. The van der Waals surface area contributed by atoms with Crippen LogP contribution in [0, 0.1) is 5.82 Å². The molecule has 0 bridgehead atoms. The Morgan fingerprint density at radius 3 is 2.60 bits per heavy atom. The molecule has 0 atom stereocenters. The number of benzene rings is 1. The molecule has 1 aliphatic heterocycles. The van der Waals surface area contributed by atoms with Crippen molar-refractivity contribution in [3.05, 3.63) is 36.0 Å². The summed E-state index contributed by atoms with van der Waals surface area (Å²) in [5.41, 5.74) is 1.24. The van der Waals surface area contributed by atoms with E-state index in [-0.39, 0.29) is 28.9 Å². The van der Waals surface area contributed by atoms with Gasteiger partial charge in [0, 0.05) is 29.2 Å². The maximum absolute atomic E-state index is 14.6. The van der Waals surface area contributed by atoms with Gasteiger partial charge in [0.15, 0.2) is 17.5 Å². The monoisotopic (exact) mass is 483 g/mol. The first-order chi connectivity index (χ1) is 16.6. The fourth-order valence-corrected chi connectivity index (χ4v) is 4.93. The molecular formula is C24H34FN9O. The number of anilines is 3. The zero-order valence-corrected chi connectivity index (χ0v) is 21.2. The van der Waals surface area contributed by atoms with Crippen LogP contribution in [0.4, 0.5) is 21.8 Å². The second-order valence-corrected chi connectivity index (χ2v) is 10.1. The van der Waals surface area contributed by atoms with E-state index in [1.54, 1.807) is 4.68 Å². The van der Waals surface area contributed by atoms with Gasteiger partial charge in [0.2, 0.25) is 5.95 Å². The van der Waals surface area contributed by atoms with E-state index < -0.39 is 5.82 Å². The van der Waals surface area contributed by atoms with E-state index in [1.807, 2.05) is 32.0 Å². The van der Waals surface area contributed by atoms with Crippen molar-refractivity contribution < 1.29 is 9.13 Å². The second kappa shape index (κ2) is 9.73. The van der Waals surface area contributed by atoms with Crippen molar-refractivity contribution in [1.82, 2.24) is 35.5 Å². The SMILES string of the molecule is CCOc1ccc(Nc2ncc(F)c(NC3CC(C)(C)NC(C)(C)C3)n2)cc1-n1nnnc1CC. The maximum atomic E-state index is 14.6. The summed E-state index contributed by atoms with van der Waals surface area (Å²) < 4.78 is 22.1. The number of tetrazole rings is 1. The van der Waals surface area contributed by atoms with Crippen LogP contribution < -0.4 is 20.7 Å². The molecule has 1 aromatic carbocycles. The molecule has 3 aromatic rings. The summed E-state index contributed by atoms with van der Waals surface area (Å²) >= 11 is 0. The molecule has 0 amide bonds. The summed E-state index contributed by atoms with van der Waals surface area (Å²) in [6.07, 6.45) is 3.53. The van der Waals surface area contributed by atoms with Crippen molar-refractivity contribution in [2.75, 3.05) is 17.2 Å². The molecular weight excluding hydrogens is 449 g/mol. The molecule has 10 nitrogen and oxygen atoms in total. The van der Waals surface area contributed by atoms with Crippen molar-refractivity contribution in [2.45, 2.75) is 77.9 Å². The number of piperidine rings is 1. The molecule has 1 aliphatic rings. The Bertz CT molecular complexity index is 1160. The van der Waals surface area contributed by atoms with Gasteiger partial charge < -0.3 is 20.7 Å². The van der Waals surface area contributed by atoms with E-state index in [0.29, 0.717) is 36.0 Å². The van der Waals surface area contributed by atoms with Crippen LogP contribution in [-0.4, -0.2) is 53.9 Å². The van der Waals surface area contributed by atoms with Gasteiger partial charge in [0.1, 0.15) is 11.4 Å². The third-order valence-corrected chi connectivity index (χ3v) is 5.87. The first-order valence-corrected chi connectivity index (χ1v) is 12.0. The number of rotatable bonds is 8. The quantitative estimate of drug-likeness (QED) is 0.437. The molecule has 4 rings (SSSR count). The number of hydrogen-bond acceptors (Lipinski definition) is 9. The van der Waals surface area contributed by atoms with Crippen LogP contribution >= 0.6 is 0 Å². The zero-order chi connectivity index (χ0) is 25.2. The normalized spacial score (nSPS) is 17.2. The molecule has 0 saturated carbocycles. The standard InChI is InChI=1S/C24H34FN9O/c1-7-20-30-32-33-34(20)18-11-15(9-10-19(18)35-8-2)28-22-26-14-17(25)21(29-22)27-16-12-23(3,4)31-24(5,6)13-16/h9-11,14,16,31H,7-8,12-13H2,1-6H3,(H2,26,27,28,29). The summed E-state index contributed by atoms with van der Waals surface area (Å²) in [5.74, 6) is 1.34. The number of halogens is 1. The molecule has 3 heterocycles. The molecule has 11 heteroatoms. The van der Waals surface area contributed by atoms with Crippen molar-refractivity contribution >= 4 is 17.5 Å². The van der Waals surface area contributed by atoms with E-state index >= 15 is 0 Å². The number of aryl methyl sites for hydroxylation is 1. The molecule has 2 aromatic heterocycles. The van der Waals surface area contributed by atoms with Crippen LogP contribution in [0.3, 0.4) is 0 Å². The van der Waals surface area contributed by atoms with Crippen molar-refractivity contribution in [1.29, 1.82) is 0 Å². The van der Waals surface area contributed by atoms with Crippen LogP contribution in [0.25, 0.3) is 5.69 Å². The van der Waals surface area contributed by atoms with E-state index in [4.69, 9.17) is 4.74 Å².